The van der Waals surface area contributed by atoms with Gasteiger partial charge in [-0.2, -0.15) is 0 Å². The number of nitrogens with zero attached hydrogens (tertiary/aromatic N) is 3. The number of thiazole rings is 1. The molecule has 8 heteroatoms. The average molecular weight is 365 g/mol. The summed E-state index contributed by atoms with van der Waals surface area (Å²) < 4.78 is 0. The van der Waals surface area contributed by atoms with Gasteiger partial charge in [-0.25, -0.2) is 4.98 Å². The van der Waals surface area contributed by atoms with Crippen molar-refractivity contribution in [3.8, 4) is 0 Å². The van der Waals surface area contributed by atoms with Gasteiger partial charge in [0, 0.05) is 37.4 Å². The second-order valence-corrected chi connectivity index (χ2v) is 7.45. The van der Waals surface area contributed by atoms with Crippen LogP contribution < -0.4 is 4.90 Å². The predicted molar refractivity (Wildman–Crippen MR) is 93.6 cm³/mol. The Bertz CT molecular complexity index is 660. The third kappa shape index (κ3) is 4.36. The highest BCUT2D eigenvalue weighted by Gasteiger charge is 2.28. The number of hydrogen-bond acceptors (Lipinski definition) is 5. The van der Waals surface area contributed by atoms with E-state index in [4.69, 9.17) is 5.11 Å². The van der Waals surface area contributed by atoms with Crippen LogP contribution in [-0.4, -0.2) is 51.9 Å². The molecule has 3 heterocycles. The van der Waals surface area contributed by atoms with E-state index in [9.17, 15) is 14.4 Å². The van der Waals surface area contributed by atoms with E-state index in [0.29, 0.717) is 36.8 Å². The van der Waals surface area contributed by atoms with E-state index in [1.165, 1.54) is 11.3 Å². The third-order valence-corrected chi connectivity index (χ3v) is 5.73. The second kappa shape index (κ2) is 7.95. The van der Waals surface area contributed by atoms with Gasteiger partial charge in [-0.1, -0.05) is 0 Å². The Labute approximate surface area is 150 Å². The van der Waals surface area contributed by atoms with Crippen LogP contribution in [0.4, 0.5) is 5.13 Å². The molecular formula is C17H23N3O4S. The number of carbonyl (C=O) groups is 3. The number of hydrogen-bond donors (Lipinski definition) is 1. The minimum Gasteiger partial charge on any atom is -0.481 e. The maximum absolute atomic E-state index is 12.7. The molecule has 0 spiro atoms. The number of amides is 2. The number of anilines is 1. The summed E-state index contributed by atoms with van der Waals surface area (Å²) in [5, 5.41) is 11.4. The van der Waals surface area contributed by atoms with Gasteiger partial charge in [-0.15, -0.1) is 11.3 Å². The number of aliphatic carboxylic acids is 1. The Kier molecular flexibility index (Phi) is 5.67. The smallest absolute Gasteiger partial charge is 0.303 e. The summed E-state index contributed by atoms with van der Waals surface area (Å²) in [5.74, 6) is -0.728. The van der Waals surface area contributed by atoms with Gasteiger partial charge in [-0.05, 0) is 32.1 Å². The van der Waals surface area contributed by atoms with Gasteiger partial charge in [-0.3, -0.25) is 19.3 Å². The molecule has 2 aliphatic heterocycles. The summed E-state index contributed by atoms with van der Waals surface area (Å²) in [6.07, 6.45) is 5.08. The minimum atomic E-state index is -0.822. The molecule has 3 rings (SSSR count). The SMILES string of the molecule is O=C(O)CCC1CCCCN1C(=O)Cc1csc(N2CCCC2=O)n1. The van der Waals surface area contributed by atoms with Crippen LogP contribution in [0, 0.1) is 0 Å². The largest absolute Gasteiger partial charge is 0.481 e. The molecule has 1 unspecified atom stereocenters. The molecule has 0 aromatic carbocycles. The molecule has 0 aliphatic carbocycles. The van der Waals surface area contributed by atoms with Crippen LogP contribution in [0.2, 0.25) is 0 Å². The summed E-state index contributed by atoms with van der Waals surface area (Å²) in [6.45, 7) is 1.38. The fraction of sp³-hybridized carbons (Fsp3) is 0.647. The van der Waals surface area contributed by atoms with Crippen molar-refractivity contribution in [1.82, 2.24) is 9.88 Å². The highest BCUT2D eigenvalue weighted by atomic mass is 32.1. The van der Waals surface area contributed by atoms with Gasteiger partial charge in [0.25, 0.3) is 0 Å². The molecule has 0 radical (unpaired) electrons. The molecule has 1 atom stereocenters. The first kappa shape index (κ1) is 17.8. The van der Waals surface area contributed by atoms with E-state index >= 15 is 0 Å². The van der Waals surface area contributed by atoms with Gasteiger partial charge in [0.1, 0.15) is 0 Å². The Morgan fingerprint density at radius 2 is 2.12 bits per heavy atom. The topological polar surface area (TPSA) is 90.8 Å². The molecule has 2 saturated heterocycles. The zero-order valence-corrected chi connectivity index (χ0v) is 15.0. The van der Waals surface area contributed by atoms with Crippen molar-refractivity contribution in [2.45, 2.75) is 57.4 Å². The van der Waals surface area contributed by atoms with Gasteiger partial charge < -0.3 is 10.0 Å². The maximum atomic E-state index is 12.7. The van der Waals surface area contributed by atoms with Gasteiger partial charge in [0.05, 0.1) is 12.1 Å². The highest BCUT2D eigenvalue weighted by Crippen LogP contribution is 2.27. The van der Waals surface area contributed by atoms with Crippen molar-refractivity contribution in [3.05, 3.63) is 11.1 Å². The molecule has 7 nitrogen and oxygen atoms in total. The molecule has 1 aromatic heterocycles. The van der Waals surface area contributed by atoms with Gasteiger partial charge in [0.2, 0.25) is 11.8 Å². The number of carboxylic acids is 1. The van der Waals surface area contributed by atoms with E-state index in [0.717, 1.165) is 25.7 Å². The summed E-state index contributed by atoms with van der Waals surface area (Å²) in [4.78, 5) is 43.3. The Morgan fingerprint density at radius 3 is 2.84 bits per heavy atom. The first-order valence-electron chi connectivity index (χ1n) is 8.80. The molecule has 25 heavy (non-hydrogen) atoms. The molecular weight excluding hydrogens is 342 g/mol. The summed E-state index contributed by atoms with van der Waals surface area (Å²) >= 11 is 1.40. The molecule has 136 valence electrons. The fourth-order valence-electron chi connectivity index (χ4n) is 3.53. The Balaban J connectivity index is 1.61. The molecule has 2 fully saturated rings. The lowest BCUT2D eigenvalue weighted by atomic mass is 9.97. The van der Waals surface area contributed by atoms with Crippen LogP contribution in [0.25, 0.3) is 0 Å². The van der Waals surface area contributed by atoms with Crippen LogP contribution in [-0.2, 0) is 20.8 Å². The number of likely N-dealkylation sites (tertiary alicyclic amines) is 1. The van der Waals surface area contributed by atoms with E-state index in [2.05, 4.69) is 4.98 Å². The van der Waals surface area contributed by atoms with Crippen molar-refractivity contribution in [2.24, 2.45) is 0 Å². The molecule has 1 aromatic rings. The number of carboxylic acid groups (broad SMARTS) is 1. The van der Waals surface area contributed by atoms with Crippen molar-refractivity contribution in [3.63, 3.8) is 0 Å². The van der Waals surface area contributed by atoms with Crippen LogP contribution in [0.1, 0.15) is 50.6 Å². The van der Waals surface area contributed by atoms with Gasteiger partial charge >= 0.3 is 5.97 Å². The van der Waals surface area contributed by atoms with Crippen molar-refractivity contribution >= 4 is 34.3 Å². The third-order valence-electron chi connectivity index (χ3n) is 4.82. The second-order valence-electron chi connectivity index (χ2n) is 6.62. The lowest BCUT2D eigenvalue weighted by Gasteiger charge is -2.35. The molecule has 1 N–H and O–H groups in total. The predicted octanol–water partition coefficient (Wildman–Crippen LogP) is 2.06. The van der Waals surface area contributed by atoms with Crippen molar-refractivity contribution < 1.29 is 19.5 Å². The quantitative estimate of drug-likeness (QED) is 0.833. The zero-order chi connectivity index (χ0) is 17.8. The van der Waals surface area contributed by atoms with Gasteiger partial charge in [0.15, 0.2) is 5.13 Å². The van der Waals surface area contributed by atoms with Crippen LogP contribution >= 0.6 is 11.3 Å². The molecule has 2 amide bonds. The maximum Gasteiger partial charge on any atom is 0.303 e. The minimum absolute atomic E-state index is 0.000290. The zero-order valence-electron chi connectivity index (χ0n) is 14.1. The van der Waals surface area contributed by atoms with E-state index < -0.39 is 5.97 Å². The lowest BCUT2D eigenvalue weighted by Crippen LogP contribution is -2.44. The number of aromatic nitrogens is 1. The summed E-state index contributed by atoms with van der Waals surface area (Å²) in [5.41, 5.74) is 0.687. The Morgan fingerprint density at radius 1 is 1.28 bits per heavy atom. The fourth-order valence-corrected chi connectivity index (χ4v) is 4.40. The van der Waals surface area contributed by atoms with E-state index in [1.54, 1.807) is 4.90 Å². The number of piperidine rings is 1. The Hall–Kier alpha value is -1.96. The highest BCUT2D eigenvalue weighted by molar-refractivity contribution is 7.14. The van der Waals surface area contributed by atoms with Crippen LogP contribution in [0.3, 0.4) is 0 Å². The summed E-state index contributed by atoms with van der Waals surface area (Å²) in [7, 11) is 0. The molecule has 2 aliphatic rings. The number of rotatable bonds is 6. The first-order chi connectivity index (χ1) is 12.0. The van der Waals surface area contributed by atoms with E-state index in [1.807, 2.05) is 10.3 Å². The monoisotopic (exact) mass is 365 g/mol. The standard InChI is InChI=1S/C17H23N3O4S/c21-14-5-3-9-20(14)17-18-12(11-25-17)10-15(22)19-8-2-1-4-13(19)6-7-16(23)24/h11,13H,1-10H2,(H,23,24). The van der Waals surface area contributed by atoms with Crippen molar-refractivity contribution in [2.75, 3.05) is 18.0 Å². The van der Waals surface area contributed by atoms with Crippen LogP contribution in [0.5, 0.6) is 0 Å². The van der Waals surface area contributed by atoms with Crippen molar-refractivity contribution in [1.29, 1.82) is 0 Å². The first-order valence-corrected chi connectivity index (χ1v) is 9.68. The molecule has 0 bridgehead atoms. The molecule has 0 saturated carbocycles. The van der Waals surface area contributed by atoms with Crippen LogP contribution in [0.15, 0.2) is 5.38 Å². The van der Waals surface area contributed by atoms with E-state index in [-0.39, 0.29) is 30.7 Å². The lowest BCUT2D eigenvalue weighted by molar-refractivity contribution is -0.139. The normalized spacial score (nSPS) is 21.0. The number of carbonyl (C=O) groups excluding carboxylic acids is 2. The summed E-state index contributed by atoms with van der Waals surface area (Å²) in [6, 6.07) is 0.00983. The average Bonchev–Trinajstić information content (AvgIpc) is 3.21.